The van der Waals surface area contributed by atoms with Crippen molar-refractivity contribution < 1.29 is 16.8 Å². The van der Waals surface area contributed by atoms with Crippen molar-refractivity contribution in [1.29, 1.82) is 0 Å². The Kier molecular flexibility index (Phi) is 5.24. The summed E-state index contributed by atoms with van der Waals surface area (Å²) in [5, 5.41) is -0.696. The number of sulfonamides is 2. The molecule has 1 aromatic heterocycles. The van der Waals surface area contributed by atoms with E-state index in [0.717, 1.165) is 25.7 Å². The van der Waals surface area contributed by atoms with Gasteiger partial charge in [0.25, 0.3) is 0 Å². The van der Waals surface area contributed by atoms with E-state index in [1.807, 2.05) is 0 Å². The molecule has 2 fully saturated rings. The largest absolute Gasteiger partial charge is 0.263 e. The molecule has 3 rings (SSSR count). The van der Waals surface area contributed by atoms with E-state index >= 15 is 0 Å². The first-order chi connectivity index (χ1) is 11.4. The molecule has 0 unspecified atom stereocenters. The van der Waals surface area contributed by atoms with E-state index in [-0.39, 0.29) is 17.5 Å². The van der Waals surface area contributed by atoms with Crippen molar-refractivity contribution in [1.82, 2.24) is 14.0 Å². The van der Waals surface area contributed by atoms with Crippen molar-refractivity contribution in [2.75, 3.05) is 13.1 Å². The average molecular weight is 374 g/mol. The third-order valence-electron chi connectivity index (χ3n) is 4.74. The summed E-state index contributed by atoms with van der Waals surface area (Å²) in [6.45, 7) is 0.339. The number of nitrogens with one attached hydrogen (secondary N) is 1. The van der Waals surface area contributed by atoms with Crippen molar-refractivity contribution in [2.24, 2.45) is 0 Å². The smallest absolute Gasteiger partial charge is 0.244 e. The Morgan fingerprint density at radius 3 is 2.50 bits per heavy atom. The van der Waals surface area contributed by atoms with Gasteiger partial charge in [0.1, 0.15) is 4.90 Å². The molecular weight excluding hydrogens is 350 g/mol. The van der Waals surface area contributed by atoms with Gasteiger partial charge in [-0.05, 0) is 37.8 Å². The Morgan fingerprint density at radius 1 is 1.08 bits per heavy atom. The Morgan fingerprint density at radius 2 is 1.83 bits per heavy atom. The zero-order chi connectivity index (χ0) is 17.2. The van der Waals surface area contributed by atoms with Gasteiger partial charge in [0.15, 0.2) is 0 Å². The zero-order valence-corrected chi connectivity index (χ0v) is 15.1. The van der Waals surface area contributed by atoms with E-state index in [1.54, 1.807) is 6.07 Å². The van der Waals surface area contributed by atoms with Gasteiger partial charge in [0.05, 0.1) is 5.25 Å². The standard InChI is InChI=1S/C15H23N3O4S2/c19-23(20,17-13-5-1-2-6-13)15-8-4-10-18(12-15)24(21,22)14-7-3-9-16-11-14/h3,7,9,11,13,15,17H,1-2,4-6,8,10,12H2/t15-/m0/s1. The lowest BCUT2D eigenvalue weighted by Gasteiger charge is -2.32. The fourth-order valence-corrected chi connectivity index (χ4v) is 6.73. The van der Waals surface area contributed by atoms with E-state index in [0.29, 0.717) is 19.4 Å². The van der Waals surface area contributed by atoms with Gasteiger partial charge in [-0.25, -0.2) is 21.6 Å². The lowest BCUT2D eigenvalue weighted by Crippen LogP contribution is -2.49. The number of piperidine rings is 1. The van der Waals surface area contributed by atoms with E-state index in [9.17, 15) is 16.8 Å². The van der Waals surface area contributed by atoms with Gasteiger partial charge in [0, 0.05) is 31.5 Å². The summed E-state index contributed by atoms with van der Waals surface area (Å²) >= 11 is 0. The highest BCUT2D eigenvalue weighted by Crippen LogP contribution is 2.25. The Labute approximate surface area is 143 Å². The molecule has 1 saturated carbocycles. The highest BCUT2D eigenvalue weighted by molar-refractivity contribution is 7.90. The zero-order valence-electron chi connectivity index (χ0n) is 13.5. The first kappa shape index (κ1) is 17.8. The molecule has 1 aliphatic heterocycles. The molecule has 9 heteroatoms. The van der Waals surface area contributed by atoms with E-state index in [2.05, 4.69) is 9.71 Å². The van der Waals surface area contributed by atoms with Gasteiger partial charge in [0.2, 0.25) is 20.0 Å². The monoisotopic (exact) mass is 373 g/mol. The molecule has 0 bridgehead atoms. The molecule has 0 amide bonds. The van der Waals surface area contributed by atoms with Crippen LogP contribution in [0.2, 0.25) is 0 Å². The predicted molar refractivity (Wildman–Crippen MR) is 90.3 cm³/mol. The van der Waals surface area contributed by atoms with Crippen LogP contribution in [-0.4, -0.2) is 50.5 Å². The minimum atomic E-state index is -3.70. The molecule has 0 spiro atoms. The topological polar surface area (TPSA) is 96.4 Å². The SMILES string of the molecule is O=S(=O)(NC1CCCC1)[C@H]1CCCN(S(=O)(=O)c2cccnc2)C1. The third kappa shape index (κ3) is 3.79. The van der Waals surface area contributed by atoms with Gasteiger partial charge in [-0.2, -0.15) is 4.31 Å². The first-order valence-corrected chi connectivity index (χ1v) is 11.3. The van der Waals surface area contributed by atoms with Crippen LogP contribution in [0.4, 0.5) is 0 Å². The van der Waals surface area contributed by atoms with Gasteiger partial charge in [-0.3, -0.25) is 4.98 Å². The lowest BCUT2D eigenvalue weighted by molar-refractivity contribution is 0.343. The first-order valence-electron chi connectivity index (χ1n) is 8.31. The van der Waals surface area contributed by atoms with Gasteiger partial charge < -0.3 is 0 Å². The van der Waals surface area contributed by atoms with Crippen LogP contribution < -0.4 is 4.72 Å². The summed E-state index contributed by atoms with van der Waals surface area (Å²) in [7, 11) is -7.22. The quantitative estimate of drug-likeness (QED) is 0.834. The molecule has 1 atom stereocenters. The molecule has 0 radical (unpaired) electrons. The number of nitrogens with zero attached hydrogens (tertiary/aromatic N) is 2. The summed E-state index contributed by atoms with van der Waals surface area (Å²) in [5.74, 6) is 0. The summed E-state index contributed by atoms with van der Waals surface area (Å²) in [5.41, 5.74) is 0. The Balaban J connectivity index is 1.74. The van der Waals surface area contributed by atoms with Crippen LogP contribution >= 0.6 is 0 Å². The molecule has 0 aromatic carbocycles. The number of hydrogen-bond acceptors (Lipinski definition) is 5. The van der Waals surface area contributed by atoms with E-state index in [1.165, 1.54) is 22.8 Å². The predicted octanol–water partition coefficient (Wildman–Crippen LogP) is 1.10. The fourth-order valence-electron chi connectivity index (χ4n) is 3.40. The van der Waals surface area contributed by atoms with Crippen LogP contribution in [0.25, 0.3) is 0 Å². The number of aromatic nitrogens is 1. The molecule has 2 heterocycles. The maximum absolute atomic E-state index is 12.7. The molecule has 24 heavy (non-hydrogen) atoms. The van der Waals surface area contributed by atoms with Crippen molar-refractivity contribution in [3.8, 4) is 0 Å². The number of pyridine rings is 1. The maximum atomic E-state index is 12.7. The van der Waals surface area contributed by atoms with Crippen molar-refractivity contribution in [2.45, 2.75) is 54.7 Å². The molecule has 134 valence electrons. The molecular formula is C15H23N3O4S2. The van der Waals surface area contributed by atoms with Crippen LogP contribution in [0.3, 0.4) is 0 Å². The summed E-state index contributed by atoms with van der Waals surface area (Å²) in [6, 6.07) is 3.05. The normalized spacial score (nSPS) is 24.2. The second-order valence-corrected chi connectivity index (χ2v) is 10.4. The second-order valence-electron chi connectivity index (χ2n) is 6.46. The van der Waals surface area contributed by atoms with Gasteiger partial charge in [-0.15, -0.1) is 0 Å². The Hall–Kier alpha value is -1.03. The molecule has 1 N–H and O–H groups in total. The van der Waals surface area contributed by atoms with Gasteiger partial charge in [-0.1, -0.05) is 12.8 Å². The molecule has 1 aromatic rings. The van der Waals surface area contributed by atoms with Crippen molar-refractivity contribution in [3.63, 3.8) is 0 Å². The molecule has 7 nitrogen and oxygen atoms in total. The average Bonchev–Trinajstić information content (AvgIpc) is 3.08. The molecule has 2 aliphatic rings. The summed E-state index contributed by atoms with van der Waals surface area (Å²) in [4.78, 5) is 3.95. The minimum absolute atomic E-state index is 0.000284. The van der Waals surface area contributed by atoms with Crippen molar-refractivity contribution >= 4 is 20.0 Å². The highest BCUT2D eigenvalue weighted by atomic mass is 32.2. The Bertz CT molecular complexity index is 759. The van der Waals surface area contributed by atoms with Gasteiger partial charge >= 0.3 is 0 Å². The number of hydrogen-bond donors (Lipinski definition) is 1. The van der Waals surface area contributed by atoms with Crippen LogP contribution in [0, 0.1) is 0 Å². The van der Waals surface area contributed by atoms with Crippen LogP contribution in [0.15, 0.2) is 29.4 Å². The maximum Gasteiger partial charge on any atom is 0.244 e. The molecule has 1 saturated heterocycles. The molecule has 1 aliphatic carbocycles. The minimum Gasteiger partial charge on any atom is -0.263 e. The highest BCUT2D eigenvalue weighted by Gasteiger charge is 2.37. The lowest BCUT2D eigenvalue weighted by atomic mass is 10.2. The van der Waals surface area contributed by atoms with E-state index in [4.69, 9.17) is 0 Å². The van der Waals surface area contributed by atoms with Crippen LogP contribution in [0.5, 0.6) is 0 Å². The van der Waals surface area contributed by atoms with Crippen LogP contribution in [-0.2, 0) is 20.0 Å². The number of rotatable bonds is 5. The summed E-state index contributed by atoms with van der Waals surface area (Å²) in [6.07, 6.45) is 7.64. The summed E-state index contributed by atoms with van der Waals surface area (Å²) < 4.78 is 54.6. The second kappa shape index (κ2) is 7.07. The van der Waals surface area contributed by atoms with Crippen LogP contribution in [0.1, 0.15) is 38.5 Å². The van der Waals surface area contributed by atoms with Crippen molar-refractivity contribution in [3.05, 3.63) is 24.5 Å². The third-order valence-corrected chi connectivity index (χ3v) is 8.51. The van der Waals surface area contributed by atoms with E-state index < -0.39 is 25.3 Å². The fraction of sp³-hybridized carbons (Fsp3) is 0.667.